The van der Waals surface area contributed by atoms with E-state index in [2.05, 4.69) is 28.6 Å². The molecule has 0 aliphatic carbocycles. The molecule has 1 atom stereocenters. The summed E-state index contributed by atoms with van der Waals surface area (Å²) in [5.41, 5.74) is 0. The zero-order valence-corrected chi connectivity index (χ0v) is 13.8. The van der Waals surface area contributed by atoms with Crippen LogP contribution in [0.15, 0.2) is 22.7 Å². The zero-order valence-electron chi connectivity index (χ0n) is 12.2. The number of carboxylic acids is 1. The molecule has 0 fully saturated rings. The minimum absolute atomic E-state index is 0.00509. The van der Waals surface area contributed by atoms with Crippen molar-refractivity contribution in [3.8, 4) is 10.7 Å². The first-order valence-corrected chi connectivity index (χ1v) is 8.87. The Morgan fingerprint density at radius 3 is 2.86 bits per heavy atom. The molecule has 0 aromatic carbocycles. The first-order chi connectivity index (χ1) is 10.2. The highest BCUT2D eigenvalue weighted by molar-refractivity contribution is 7.99. The third-order valence-electron chi connectivity index (χ3n) is 3.19. The molecule has 0 saturated carbocycles. The highest BCUT2D eigenvalue weighted by atomic mass is 32.2. The number of nitrogens with zero attached hydrogens (tertiary/aromatic N) is 3. The van der Waals surface area contributed by atoms with Crippen LogP contribution in [-0.2, 0) is 4.79 Å². The molecule has 0 aliphatic rings. The second kappa shape index (κ2) is 7.61. The Balaban J connectivity index is 2.39. The highest BCUT2D eigenvalue weighted by Crippen LogP contribution is 2.33. The molecule has 1 N–H and O–H groups in total. The van der Waals surface area contributed by atoms with Crippen LogP contribution in [0.4, 0.5) is 0 Å². The summed E-state index contributed by atoms with van der Waals surface area (Å²) in [6.45, 7) is 4.30. The number of thioether (sulfide) groups is 1. The Morgan fingerprint density at radius 2 is 2.29 bits per heavy atom. The monoisotopic (exact) mass is 325 g/mol. The number of carboxylic acid groups (broad SMARTS) is 1. The Kier molecular flexibility index (Phi) is 5.81. The van der Waals surface area contributed by atoms with Gasteiger partial charge >= 0.3 is 5.97 Å². The van der Waals surface area contributed by atoms with Gasteiger partial charge in [0.1, 0.15) is 0 Å². The van der Waals surface area contributed by atoms with Gasteiger partial charge in [-0.1, -0.05) is 38.1 Å². The van der Waals surface area contributed by atoms with E-state index in [1.54, 1.807) is 11.3 Å². The molecule has 21 heavy (non-hydrogen) atoms. The Morgan fingerprint density at radius 1 is 1.48 bits per heavy atom. The van der Waals surface area contributed by atoms with Gasteiger partial charge in [-0.3, -0.25) is 9.36 Å². The SMILES string of the molecule is CCCC(CC)n1c(SCC(=O)O)nnc1-c1cccs1. The Bertz CT molecular complexity index is 581. The normalized spacial score (nSPS) is 12.5. The molecule has 0 amide bonds. The molecule has 0 radical (unpaired) electrons. The van der Waals surface area contributed by atoms with Gasteiger partial charge in [0.25, 0.3) is 0 Å². The molecule has 114 valence electrons. The maximum atomic E-state index is 10.8. The molecule has 0 spiro atoms. The van der Waals surface area contributed by atoms with Crippen molar-refractivity contribution in [3.05, 3.63) is 17.5 Å². The lowest BCUT2D eigenvalue weighted by Gasteiger charge is -2.19. The van der Waals surface area contributed by atoms with Crippen molar-refractivity contribution in [2.75, 3.05) is 5.75 Å². The van der Waals surface area contributed by atoms with E-state index in [-0.39, 0.29) is 5.75 Å². The average molecular weight is 325 g/mol. The van der Waals surface area contributed by atoms with Crippen molar-refractivity contribution in [3.63, 3.8) is 0 Å². The van der Waals surface area contributed by atoms with Crippen LogP contribution >= 0.6 is 23.1 Å². The number of thiophene rings is 1. The van der Waals surface area contributed by atoms with Gasteiger partial charge in [0.15, 0.2) is 11.0 Å². The minimum Gasteiger partial charge on any atom is -0.481 e. The molecule has 1 unspecified atom stereocenters. The molecule has 7 heteroatoms. The van der Waals surface area contributed by atoms with E-state index >= 15 is 0 Å². The third-order valence-corrected chi connectivity index (χ3v) is 4.98. The van der Waals surface area contributed by atoms with Crippen LogP contribution in [0.3, 0.4) is 0 Å². The molecule has 5 nitrogen and oxygen atoms in total. The van der Waals surface area contributed by atoms with Crippen LogP contribution in [-0.4, -0.2) is 31.6 Å². The maximum Gasteiger partial charge on any atom is 0.313 e. The van der Waals surface area contributed by atoms with E-state index in [4.69, 9.17) is 5.11 Å². The average Bonchev–Trinajstić information content (AvgIpc) is 3.11. The molecule has 2 aromatic heterocycles. The number of aliphatic carboxylic acids is 1. The molecule has 2 rings (SSSR count). The van der Waals surface area contributed by atoms with E-state index in [1.807, 2.05) is 17.5 Å². The second-order valence-electron chi connectivity index (χ2n) is 4.69. The van der Waals surface area contributed by atoms with Crippen molar-refractivity contribution >= 4 is 29.1 Å². The number of hydrogen-bond acceptors (Lipinski definition) is 5. The summed E-state index contributed by atoms with van der Waals surface area (Å²) in [7, 11) is 0. The molecular weight excluding hydrogens is 306 g/mol. The van der Waals surface area contributed by atoms with Crippen LogP contribution in [0, 0.1) is 0 Å². The fourth-order valence-corrected chi connectivity index (χ4v) is 3.68. The van der Waals surface area contributed by atoms with E-state index in [1.165, 1.54) is 11.8 Å². The van der Waals surface area contributed by atoms with Gasteiger partial charge in [-0.2, -0.15) is 0 Å². The molecule has 0 bridgehead atoms. The van der Waals surface area contributed by atoms with Gasteiger partial charge in [0.05, 0.1) is 10.6 Å². The summed E-state index contributed by atoms with van der Waals surface area (Å²) >= 11 is 2.86. The van der Waals surface area contributed by atoms with Crippen molar-refractivity contribution in [1.29, 1.82) is 0 Å². The van der Waals surface area contributed by atoms with Crippen molar-refractivity contribution in [2.45, 2.75) is 44.3 Å². The second-order valence-corrected chi connectivity index (χ2v) is 6.58. The minimum atomic E-state index is -0.837. The predicted molar refractivity (Wildman–Crippen MR) is 85.9 cm³/mol. The topological polar surface area (TPSA) is 68.0 Å². The number of aromatic nitrogens is 3. The van der Waals surface area contributed by atoms with Crippen LogP contribution in [0.2, 0.25) is 0 Å². The van der Waals surface area contributed by atoms with Gasteiger partial charge < -0.3 is 5.11 Å². The summed E-state index contributed by atoms with van der Waals surface area (Å²) in [5, 5.41) is 20.1. The smallest absolute Gasteiger partial charge is 0.313 e. The van der Waals surface area contributed by atoms with Gasteiger partial charge in [-0.25, -0.2) is 0 Å². The van der Waals surface area contributed by atoms with Gasteiger partial charge in [-0.05, 0) is 24.3 Å². The Hall–Kier alpha value is -1.34. The first kappa shape index (κ1) is 16.0. The van der Waals surface area contributed by atoms with E-state index in [0.717, 1.165) is 30.0 Å². The van der Waals surface area contributed by atoms with Crippen LogP contribution in [0.1, 0.15) is 39.2 Å². The summed E-state index contributed by atoms with van der Waals surface area (Å²) in [6, 6.07) is 4.32. The van der Waals surface area contributed by atoms with Gasteiger partial charge in [0, 0.05) is 6.04 Å². The van der Waals surface area contributed by atoms with Crippen molar-refractivity contribution < 1.29 is 9.90 Å². The molecule has 0 aliphatic heterocycles. The molecule has 2 heterocycles. The lowest BCUT2D eigenvalue weighted by atomic mass is 10.1. The van der Waals surface area contributed by atoms with Gasteiger partial charge in [-0.15, -0.1) is 21.5 Å². The van der Waals surface area contributed by atoms with E-state index in [9.17, 15) is 4.79 Å². The maximum absolute atomic E-state index is 10.8. The molecule has 2 aromatic rings. The molecular formula is C14H19N3O2S2. The predicted octanol–water partition coefficient (Wildman–Crippen LogP) is 3.93. The largest absolute Gasteiger partial charge is 0.481 e. The van der Waals surface area contributed by atoms with E-state index < -0.39 is 5.97 Å². The summed E-state index contributed by atoms with van der Waals surface area (Å²) in [6.07, 6.45) is 3.09. The van der Waals surface area contributed by atoms with Crippen LogP contribution in [0.25, 0.3) is 10.7 Å². The lowest BCUT2D eigenvalue weighted by Crippen LogP contribution is -2.11. The fourth-order valence-electron chi connectivity index (χ4n) is 2.25. The quantitative estimate of drug-likeness (QED) is 0.745. The Labute approximate surface area is 132 Å². The number of rotatable bonds is 8. The number of hydrogen-bond donors (Lipinski definition) is 1. The fraction of sp³-hybridized carbons (Fsp3) is 0.500. The molecule has 0 saturated heterocycles. The number of carbonyl (C=O) groups is 1. The summed E-state index contributed by atoms with van der Waals surface area (Å²) in [4.78, 5) is 11.9. The van der Waals surface area contributed by atoms with Crippen molar-refractivity contribution in [1.82, 2.24) is 14.8 Å². The highest BCUT2D eigenvalue weighted by Gasteiger charge is 2.21. The van der Waals surface area contributed by atoms with Crippen molar-refractivity contribution in [2.24, 2.45) is 0 Å². The summed E-state index contributed by atoms with van der Waals surface area (Å²) in [5.74, 6) is 0.0134. The lowest BCUT2D eigenvalue weighted by molar-refractivity contribution is -0.133. The third kappa shape index (κ3) is 3.85. The summed E-state index contributed by atoms with van der Waals surface area (Å²) < 4.78 is 2.11. The zero-order chi connectivity index (χ0) is 15.2. The van der Waals surface area contributed by atoms with Crippen LogP contribution < -0.4 is 0 Å². The first-order valence-electron chi connectivity index (χ1n) is 7.00. The van der Waals surface area contributed by atoms with E-state index in [0.29, 0.717) is 11.2 Å². The standard InChI is InChI=1S/C14H19N3O2S2/c1-3-6-10(4-2)17-13(11-7-5-8-20-11)15-16-14(17)21-9-12(18)19/h5,7-8,10H,3-4,6,9H2,1-2H3,(H,18,19). The van der Waals surface area contributed by atoms with Crippen LogP contribution in [0.5, 0.6) is 0 Å². The van der Waals surface area contributed by atoms with Gasteiger partial charge in [0.2, 0.25) is 0 Å².